The molecule has 33 heavy (non-hydrogen) atoms. The molecule has 4 rings (SSSR count). The third-order valence-electron chi connectivity index (χ3n) is 4.77. The Morgan fingerprint density at radius 1 is 1.06 bits per heavy atom. The van der Waals surface area contributed by atoms with Gasteiger partial charge >= 0.3 is 6.18 Å². The van der Waals surface area contributed by atoms with Gasteiger partial charge < -0.3 is 9.73 Å². The van der Waals surface area contributed by atoms with E-state index in [4.69, 9.17) is 16.0 Å². The number of nitrogens with one attached hydrogen (secondary N) is 1. The minimum Gasteiger partial charge on any atom is -0.449 e. The molecular formula is C22H14ClF3N2O4S. The number of pyridine rings is 1. The fraction of sp³-hybridized carbons (Fsp3) is 0.0909. The second kappa shape index (κ2) is 8.53. The summed E-state index contributed by atoms with van der Waals surface area (Å²) in [5, 5.41) is 3.12. The van der Waals surface area contributed by atoms with Crippen LogP contribution < -0.4 is 5.32 Å². The van der Waals surface area contributed by atoms with E-state index in [9.17, 15) is 26.4 Å². The molecule has 0 unspecified atom stereocenters. The molecule has 4 aromatic rings. The van der Waals surface area contributed by atoms with Gasteiger partial charge in [0.15, 0.2) is 11.3 Å². The first kappa shape index (κ1) is 22.8. The van der Waals surface area contributed by atoms with Gasteiger partial charge in [0.1, 0.15) is 0 Å². The van der Waals surface area contributed by atoms with Gasteiger partial charge in [0.2, 0.25) is 9.84 Å². The molecule has 0 aliphatic heterocycles. The summed E-state index contributed by atoms with van der Waals surface area (Å²) >= 11 is 5.63. The maximum Gasteiger partial charge on any atom is 0.417 e. The van der Waals surface area contributed by atoms with Gasteiger partial charge in [0, 0.05) is 23.2 Å². The number of rotatable bonds is 5. The number of benzene rings is 2. The minimum absolute atomic E-state index is 0.0448. The fourth-order valence-corrected chi connectivity index (χ4v) is 4.77. The minimum atomic E-state index is -4.90. The van der Waals surface area contributed by atoms with Crippen molar-refractivity contribution >= 4 is 38.3 Å². The van der Waals surface area contributed by atoms with Crippen LogP contribution in [0.25, 0.3) is 11.0 Å². The standard InChI is InChI=1S/C22H14ClF3N2O4S/c23-15-3-6-20(17(10-15)22(24,25)26)33(30,31)16-4-1-13(2-5-16)11-28-21(29)18-9-14-7-8-27-12-19(14)32-18/h1-10,12H,11H2,(H,28,29). The van der Waals surface area contributed by atoms with E-state index in [0.29, 0.717) is 22.6 Å². The summed E-state index contributed by atoms with van der Waals surface area (Å²) in [4.78, 5) is 15.0. The Kier molecular flexibility index (Phi) is 5.89. The number of nitrogens with zero attached hydrogens (tertiary/aromatic N) is 1. The highest BCUT2D eigenvalue weighted by Crippen LogP contribution is 2.37. The van der Waals surface area contributed by atoms with Gasteiger partial charge in [-0.2, -0.15) is 13.2 Å². The number of carbonyl (C=O) groups excluding carboxylic acids is 1. The molecule has 0 fully saturated rings. The van der Waals surface area contributed by atoms with Crippen LogP contribution in [0.5, 0.6) is 0 Å². The van der Waals surface area contributed by atoms with Crippen LogP contribution in [0.4, 0.5) is 13.2 Å². The molecular weight excluding hydrogens is 481 g/mol. The average molecular weight is 495 g/mol. The fourth-order valence-electron chi connectivity index (χ4n) is 3.14. The summed E-state index contributed by atoms with van der Waals surface area (Å²) in [6.07, 6.45) is -1.85. The zero-order valence-electron chi connectivity index (χ0n) is 16.6. The largest absolute Gasteiger partial charge is 0.449 e. The number of carbonyl (C=O) groups is 1. The summed E-state index contributed by atoms with van der Waals surface area (Å²) in [6.45, 7) is 0.0448. The van der Waals surface area contributed by atoms with Crippen molar-refractivity contribution < 1.29 is 30.8 Å². The van der Waals surface area contributed by atoms with Crippen molar-refractivity contribution in [3.63, 3.8) is 0 Å². The lowest BCUT2D eigenvalue weighted by atomic mass is 10.2. The van der Waals surface area contributed by atoms with Crippen LogP contribution in [0, 0.1) is 0 Å². The van der Waals surface area contributed by atoms with Crippen LogP contribution >= 0.6 is 11.6 Å². The summed E-state index contributed by atoms with van der Waals surface area (Å²) in [6, 6.07) is 10.9. The van der Waals surface area contributed by atoms with Gasteiger partial charge in [-0.25, -0.2) is 8.42 Å². The predicted molar refractivity (Wildman–Crippen MR) is 114 cm³/mol. The summed E-state index contributed by atoms with van der Waals surface area (Å²) < 4.78 is 71.1. The number of fused-ring (bicyclic) bond motifs is 1. The highest BCUT2D eigenvalue weighted by atomic mass is 35.5. The maximum absolute atomic E-state index is 13.3. The van der Waals surface area contributed by atoms with Crippen molar-refractivity contribution in [1.29, 1.82) is 0 Å². The van der Waals surface area contributed by atoms with Crippen LogP contribution in [0.3, 0.4) is 0 Å². The van der Waals surface area contributed by atoms with Gasteiger partial charge in [-0.1, -0.05) is 23.7 Å². The molecule has 1 amide bonds. The zero-order chi connectivity index (χ0) is 23.8. The van der Waals surface area contributed by atoms with E-state index in [-0.39, 0.29) is 22.2 Å². The normalized spacial score (nSPS) is 12.1. The molecule has 2 aromatic heterocycles. The van der Waals surface area contributed by atoms with E-state index in [1.54, 1.807) is 18.3 Å². The Morgan fingerprint density at radius 2 is 1.79 bits per heavy atom. The average Bonchev–Trinajstić information content (AvgIpc) is 3.21. The molecule has 0 saturated carbocycles. The SMILES string of the molecule is O=C(NCc1ccc(S(=O)(=O)c2ccc(Cl)cc2C(F)(F)F)cc1)c1cc2ccncc2o1. The van der Waals surface area contributed by atoms with Crippen molar-refractivity contribution in [3.05, 3.63) is 88.9 Å². The van der Waals surface area contributed by atoms with Crippen molar-refractivity contribution in [3.8, 4) is 0 Å². The quantitative estimate of drug-likeness (QED) is 0.408. The summed E-state index contributed by atoms with van der Waals surface area (Å²) in [5.41, 5.74) is -0.350. The molecule has 0 spiro atoms. The van der Waals surface area contributed by atoms with Crippen LogP contribution in [0.15, 0.2) is 81.2 Å². The Balaban J connectivity index is 1.52. The number of hydrogen-bond acceptors (Lipinski definition) is 5. The van der Waals surface area contributed by atoms with Gasteiger partial charge in [0.25, 0.3) is 5.91 Å². The van der Waals surface area contributed by atoms with Crippen LogP contribution in [0.2, 0.25) is 5.02 Å². The smallest absolute Gasteiger partial charge is 0.417 e. The molecule has 6 nitrogen and oxygen atoms in total. The number of furan rings is 1. The number of alkyl halides is 3. The molecule has 0 aliphatic rings. The number of aromatic nitrogens is 1. The molecule has 2 aromatic carbocycles. The molecule has 0 bridgehead atoms. The van der Waals surface area contributed by atoms with E-state index in [1.807, 2.05) is 0 Å². The number of hydrogen-bond donors (Lipinski definition) is 1. The van der Waals surface area contributed by atoms with Crippen LogP contribution in [-0.2, 0) is 22.6 Å². The van der Waals surface area contributed by atoms with E-state index in [2.05, 4.69) is 10.3 Å². The van der Waals surface area contributed by atoms with Gasteiger partial charge in [-0.15, -0.1) is 0 Å². The van der Waals surface area contributed by atoms with Crippen molar-refractivity contribution in [2.24, 2.45) is 0 Å². The van der Waals surface area contributed by atoms with Crippen LogP contribution in [-0.4, -0.2) is 19.3 Å². The maximum atomic E-state index is 13.3. The molecule has 2 heterocycles. The number of amides is 1. The molecule has 1 N–H and O–H groups in total. The number of halogens is 4. The number of sulfone groups is 1. The topological polar surface area (TPSA) is 89.3 Å². The highest BCUT2D eigenvalue weighted by molar-refractivity contribution is 7.91. The van der Waals surface area contributed by atoms with Gasteiger partial charge in [-0.3, -0.25) is 9.78 Å². The molecule has 0 saturated heterocycles. The van der Waals surface area contributed by atoms with E-state index in [1.165, 1.54) is 30.5 Å². The second-order valence-corrected chi connectivity index (χ2v) is 9.35. The van der Waals surface area contributed by atoms with Gasteiger partial charge in [-0.05, 0) is 48.0 Å². The Hall–Kier alpha value is -3.37. The lowest BCUT2D eigenvalue weighted by molar-refractivity contribution is -0.139. The third-order valence-corrected chi connectivity index (χ3v) is 6.83. The predicted octanol–water partition coefficient (Wildman–Crippen LogP) is 5.26. The first-order valence-corrected chi connectivity index (χ1v) is 11.2. The highest BCUT2D eigenvalue weighted by Gasteiger charge is 2.37. The molecule has 170 valence electrons. The molecule has 0 atom stereocenters. The lowest BCUT2D eigenvalue weighted by Crippen LogP contribution is -2.22. The first-order chi connectivity index (χ1) is 15.6. The Bertz CT molecular complexity index is 1420. The third kappa shape index (κ3) is 4.71. The molecule has 0 radical (unpaired) electrons. The van der Waals surface area contributed by atoms with E-state index < -0.39 is 32.4 Å². The Morgan fingerprint density at radius 3 is 2.45 bits per heavy atom. The summed E-state index contributed by atoms with van der Waals surface area (Å²) in [5.74, 6) is -0.404. The van der Waals surface area contributed by atoms with Crippen molar-refractivity contribution in [1.82, 2.24) is 10.3 Å². The monoisotopic (exact) mass is 494 g/mol. The van der Waals surface area contributed by atoms with E-state index >= 15 is 0 Å². The Labute approximate surface area is 190 Å². The lowest BCUT2D eigenvalue weighted by Gasteiger charge is -2.14. The van der Waals surface area contributed by atoms with Crippen molar-refractivity contribution in [2.75, 3.05) is 0 Å². The summed E-state index contributed by atoms with van der Waals surface area (Å²) in [7, 11) is -4.46. The molecule has 11 heteroatoms. The molecule has 0 aliphatic carbocycles. The zero-order valence-corrected chi connectivity index (χ0v) is 18.1. The van der Waals surface area contributed by atoms with E-state index in [0.717, 1.165) is 12.1 Å². The second-order valence-electron chi connectivity index (χ2n) is 6.99. The van der Waals surface area contributed by atoms with Crippen LogP contribution in [0.1, 0.15) is 21.7 Å². The van der Waals surface area contributed by atoms with Gasteiger partial charge in [0.05, 0.1) is 21.6 Å². The van der Waals surface area contributed by atoms with Crippen molar-refractivity contribution in [2.45, 2.75) is 22.5 Å². The first-order valence-electron chi connectivity index (χ1n) is 9.38.